The second-order valence-corrected chi connectivity index (χ2v) is 6.66. The standard InChI is InChI=1S/C13H13BrF3NOS/c1-8(14)12(2,3)11(19)18-9-5-4-6-10(7-9)20-13(15,16)17/h4-7H,1H2,2-3H3,(H,18,19). The van der Waals surface area contributed by atoms with Gasteiger partial charge in [-0.3, -0.25) is 4.79 Å². The zero-order valence-electron chi connectivity index (χ0n) is 10.8. The predicted molar refractivity (Wildman–Crippen MR) is 78.8 cm³/mol. The fraction of sp³-hybridized carbons (Fsp3) is 0.308. The van der Waals surface area contributed by atoms with E-state index in [-0.39, 0.29) is 22.6 Å². The predicted octanol–water partition coefficient (Wildman–Crippen LogP) is 5.17. The first-order chi connectivity index (χ1) is 9.02. The average Bonchev–Trinajstić information content (AvgIpc) is 2.26. The molecular weight excluding hydrogens is 355 g/mol. The molecule has 0 unspecified atom stereocenters. The van der Waals surface area contributed by atoms with Crippen molar-refractivity contribution in [3.05, 3.63) is 35.3 Å². The molecule has 1 aromatic carbocycles. The van der Waals surface area contributed by atoms with Crippen LogP contribution in [0, 0.1) is 5.41 Å². The van der Waals surface area contributed by atoms with Crippen LogP contribution in [0.2, 0.25) is 0 Å². The monoisotopic (exact) mass is 367 g/mol. The maximum atomic E-state index is 12.3. The second-order valence-electron chi connectivity index (χ2n) is 4.56. The van der Waals surface area contributed by atoms with Gasteiger partial charge in [0.2, 0.25) is 5.91 Å². The van der Waals surface area contributed by atoms with E-state index in [9.17, 15) is 18.0 Å². The highest BCUT2D eigenvalue weighted by atomic mass is 79.9. The van der Waals surface area contributed by atoms with Crippen LogP contribution in [-0.2, 0) is 4.79 Å². The summed E-state index contributed by atoms with van der Waals surface area (Å²) in [4.78, 5) is 12.1. The minimum absolute atomic E-state index is 0.0192. The number of halogens is 4. The smallest absolute Gasteiger partial charge is 0.325 e. The highest BCUT2D eigenvalue weighted by Crippen LogP contribution is 2.38. The molecule has 0 bridgehead atoms. The Labute approximate surface area is 127 Å². The Hall–Kier alpha value is -0.950. The van der Waals surface area contributed by atoms with Crippen molar-refractivity contribution in [3.8, 4) is 0 Å². The molecular formula is C13H13BrF3NOS. The normalized spacial score (nSPS) is 12.1. The number of hydrogen-bond acceptors (Lipinski definition) is 2. The third kappa shape index (κ3) is 4.86. The Morgan fingerprint density at radius 1 is 1.35 bits per heavy atom. The number of hydrogen-bond donors (Lipinski definition) is 1. The summed E-state index contributed by atoms with van der Waals surface area (Å²) in [6, 6.07) is 5.61. The van der Waals surface area contributed by atoms with Gasteiger partial charge < -0.3 is 5.32 Å². The molecule has 1 N–H and O–H groups in total. The van der Waals surface area contributed by atoms with Crippen LogP contribution in [0.3, 0.4) is 0 Å². The van der Waals surface area contributed by atoms with E-state index in [0.29, 0.717) is 10.2 Å². The lowest BCUT2D eigenvalue weighted by molar-refractivity contribution is -0.121. The number of benzene rings is 1. The van der Waals surface area contributed by atoms with Crippen molar-refractivity contribution in [2.75, 3.05) is 5.32 Å². The van der Waals surface area contributed by atoms with Gasteiger partial charge in [-0.25, -0.2) is 0 Å². The second kappa shape index (κ2) is 6.22. The Balaban J connectivity index is 2.87. The highest BCUT2D eigenvalue weighted by molar-refractivity contribution is 9.11. The summed E-state index contributed by atoms with van der Waals surface area (Å²) in [6.07, 6.45) is 0. The van der Waals surface area contributed by atoms with Crippen LogP contribution in [0.4, 0.5) is 18.9 Å². The quantitative estimate of drug-likeness (QED) is 0.743. The van der Waals surface area contributed by atoms with Gasteiger partial charge >= 0.3 is 5.51 Å². The molecule has 0 fully saturated rings. The van der Waals surface area contributed by atoms with Crippen molar-refractivity contribution in [2.45, 2.75) is 24.3 Å². The van der Waals surface area contributed by atoms with Gasteiger partial charge in [0, 0.05) is 15.1 Å². The van der Waals surface area contributed by atoms with Gasteiger partial charge in [0.15, 0.2) is 0 Å². The van der Waals surface area contributed by atoms with E-state index >= 15 is 0 Å². The van der Waals surface area contributed by atoms with Crippen LogP contribution in [-0.4, -0.2) is 11.4 Å². The Bertz CT molecular complexity index is 529. The number of nitrogens with one attached hydrogen (secondary N) is 1. The van der Waals surface area contributed by atoms with Gasteiger partial charge in [0.25, 0.3) is 0 Å². The molecule has 0 aliphatic rings. The van der Waals surface area contributed by atoms with Crippen LogP contribution in [0.5, 0.6) is 0 Å². The fourth-order valence-corrected chi connectivity index (χ4v) is 1.96. The molecule has 0 saturated carbocycles. The first-order valence-electron chi connectivity index (χ1n) is 5.54. The lowest BCUT2D eigenvalue weighted by Gasteiger charge is -2.22. The zero-order chi connectivity index (χ0) is 15.6. The number of alkyl halides is 3. The molecule has 0 aliphatic heterocycles. The van der Waals surface area contributed by atoms with Gasteiger partial charge in [-0.15, -0.1) is 0 Å². The molecule has 110 valence electrons. The molecule has 0 heterocycles. The average molecular weight is 368 g/mol. The summed E-state index contributed by atoms with van der Waals surface area (Å²) in [5.41, 5.74) is -4.91. The number of anilines is 1. The molecule has 7 heteroatoms. The lowest BCUT2D eigenvalue weighted by Crippen LogP contribution is -2.30. The molecule has 1 aromatic rings. The van der Waals surface area contributed by atoms with E-state index in [1.165, 1.54) is 24.3 Å². The van der Waals surface area contributed by atoms with Crippen molar-refractivity contribution in [1.29, 1.82) is 0 Å². The molecule has 1 rings (SSSR count). The largest absolute Gasteiger partial charge is 0.446 e. The Kier molecular flexibility index (Phi) is 5.32. The summed E-state index contributed by atoms with van der Waals surface area (Å²) < 4.78 is 37.4. The number of carbonyl (C=O) groups excluding carboxylic acids is 1. The van der Waals surface area contributed by atoms with E-state index in [2.05, 4.69) is 27.8 Å². The van der Waals surface area contributed by atoms with E-state index in [1.807, 2.05) is 0 Å². The molecule has 20 heavy (non-hydrogen) atoms. The van der Waals surface area contributed by atoms with Gasteiger partial charge in [-0.1, -0.05) is 28.6 Å². The number of rotatable bonds is 4. The number of amides is 1. The molecule has 0 aliphatic carbocycles. The van der Waals surface area contributed by atoms with Crippen LogP contribution >= 0.6 is 27.7 Å². The Morgan fingerprint density at radius 3 is 2.45 bits per heavy atom. The Morgan fingerprint density at radius 2 is 1.95 bits per heavy atom. The van der Waals surface area contributed by atoms with Gasteiger partial charge in [0.05, 0.1) is 5.41 Å². The minimum Gasteiger partial charge on any atom is -0.325 e. The molecule has 2 nitrogen and oxygen atoms in total. The van der Waals surface area contributed by atoms with E-state index in [0.717, 1.165) is 0 Å². The van der Waals surface area contributed by atoms with Crippen molar-refractivity contribution in [3.63, 3.8) is 0 Å². The first kappa shape index (κ1) is 17.1. The summed E-state index contributed by atoms with van der Waals surface area (Å²) in [7, 11) is 0. The molecule has 1 amide bonds. The fourth-order valence-electron chi connectivity index (χ4n) is 1.18. The summed E-state index contributed by atoms with van der Waals surface area (Å²) in [6.45, 7) is 6.98. The van der Waals surface area contributed by atoms with Gasteiger partial charge in [-0.2, -0.15) is 13.2 Å². The van der Waals surface area contributed by atoms with Crippen molar-refractivity contribution in [2.24, 2.45) is 5.41 Å². The van der Waals surface area contributed by atoms with Crippen LogP contribution in [0.1, 0.15) is 13.8 Å². The van der Waals surface area contributed by atoms with Crippen LogP contribution in [0.15, 0.2) is 40.2 Å². The molecule has 0 saturated heterocycles. The maximum Gasteiger partial charge on any atom is 0.446 e. The minimum atomic E-state index is -4.36. The van der Waals surface area contributed by atoms with E-state index in [1.54, 1.807) is 13.8 Å². The molecule has 0 atom stereocenters. The number of carbonyl (C=O) groups is 1. The van der Waals surface area contributed by atoms with Gasteiger partial charge in [-0.05, 0) is 43.8 Å². The van der Waals surface area contributed by atoms with Crippen LogP contribution < -0.4 is 5.32 Å². The van der Waals surface area contributed by atoms with Crippen molar-refractivity contribution >= 4 is 39.3 Å². The van der Waals surface area contributed by atoms with Gasteiger partial charge in [0.1, 0.15) is 0 Å². The lowest BCUT2D eigenvalue weighted by atomic mass is 9.92. The summed E-state index contributed by atoms with van der Waals surface area (Å²) in [5, 5.41) is 2.58. The van der Waals surface area contributed by atoms with Crippen molar-refractivity contribution in [1.82, 2.24) is 0 Å². The molecule has 0 radical (unpaired) electrons. The number of thioether (sulfide) groups is 1. The van der Waals surface area contributed by atoms with Crippen molar-refractivity contribution < 1.29 is 18.0 Å². The maximum absolute atomic E-state index is 12.3. The SMILES string of the molecule is C=C(Br)C(C)(C)C(=O)Nc1cccc(SC(F)(F)F)c1. The van der Waals surface area contributed by atoms with E-state index in [4.69, 9.17) is 0 Å². The first-order valence-corrected chi connectivity index (χ1v) is 7.15. The third-order valence-corrected chi connectivity index (χ3v) is 4.28. The molecule has 0 aromatic heterocycles. The summed E-state index contributed by atoms with van der Waals surface area (Å²) >= 11 is 2.93. The summed E-state index contributed by atoms with van der Waals surface area (Å²) in [5.74, 6) is -0.353. The van der Waals surface area contributed by atoms with Crippen LogP contribution in [0.25, 0.3) is 0 Å². The topological polar surface area (TPSA) is 29.1 Å². The zero-order valence-corrected chi connectivity index (χ0v) is 13.2. The highest BCUT2D eigenvalue weighted by Gasteiger charge is 2.31. The third-order valence-electron chi connectivity index (χ3n) is 2.57. The van der Waals surface area contributed by atoms with E-state index < -0.39 is 10.9 Å². The molecule has 0 spiro atoms.